The molecule has 0 aromatic heterocycles. The van der Waals surface area contributed by atoms with E-state index in [1.54, 1.807) is 30.0 Å². The average Bonchev–Trinajstić information content (AvgIpc) is 3.04. The molecular weight excluding hydrogens is 626 g/mol. The van der Waals surface area contributed by atoms with Crippen molar-refractivity contribution in [3.63, 3.8) is 0 Å². The number of fused-ring (bicyclic) bond motifs is 1. The highest BCUT2D eigenvalue weighted by atomic mass is 35.5. The van der Waals surface area contributed by atoms with E-state index in [0.717, 1.165) is 17.1 Å². The molecule has 0 saturated carbocycles. The fourth-order valence-electron chi connectivity index (χ4n) is 5.33. The molecular formula is C35H38ClN3O6S. The molecule has 0 radical (unpaired) electrons. The van der Waals surface area contributed by atoms with Crippen molar-refractivity contribution in [2.45, 2.75) is 37.4 Å². The first-order chi connectivity index (χ1) is 22.0. The van der Waals surface area contributed by atoms with Crippen molar-refractivity contribution in [1.82, 2.24) is 9.80 Å². The molecule has 4 aromatic carbocycles. The van der Waals surface area contributed by atoms with Gasteiger partial charge in [-0.3, -0.25) is 14.4 Å². The first kappa shape index (κ1) is 33.3. The number of likely N-dealkylation sites (N-methyl/N-ethyl adjacent to an activating group) is 1. The molecule has 2 N–H and O–H groups in total. The highest BCUT2D eigenvalue weighted by Gasteiger charge is 2.35. The number of para-hydroxylation sites is 2. The summed E-state index contributed by atoms with van der Waals surface area (Å²) in [7, 11) is -2.04. The van der Waals surface area contributed by atoms with Crippen LogP contribution >= 0.6 is 11.6 Å². The molecule has 0 spiro atoms. The van der Waals surface area contributed by atoms with Gasteiger partial charge in [-0.05, 0) is 80.2 Å². The second kappa shape index (κ2) is 14.6. The van der Waals surface area contributed by atoms with Gasteiger partial charge in [0, 0.05) is 30.6 Å². The third-order valence-corrected chi connectivity index (χ3v) is 9.54. The Morgan fingerprint density at radius 2 is 1.67 bits per heavy atom. The number of amides is 1. The molecule has 242 valence electrons. The molecule has 0 aliphatic carbocycles. The number of nitrogens with zero attached hydrogens (tertiary/aromatic N) is 2. The normalized spacial score (nSPS) is 17.4. The van der Waals surface area contributed by atoms with Crippen LogP contribution in [-0.4, -0.2) is 68.1 Å². The Morgan fingerprint density at radius 3 is 2.35 bits per heavy atom. The van der Waals surface area contributed by atoms with Crippen LogP contribution in [0.15, 0.2) is 102 Å². The lowest BCUT2D eigenvalue weighted by Crippen LogP contribution is -2.49. The van der Waals surface area contributed by atoms with E-state index in [0.29, 0.717) is 24.7 Å². The van der Waals surface area contributed by atoms with Gasteiger partial charge in [0.05, 0.1) is 28.8 Å². The molecule has 11 heteroatoms. The van der Waals surface area contributed by atoms with Crippen LogP contribution in [0.5, 0.6) is 17.2 Å². The highest BCUT2D eigenvalue weighted by Crippen LogP contribution is 2.36. The maximum absolute atomic E-state index is 13.8. The smallest absolute Gasteiger partial charge is 0.262 e. The van der Waals surface area contributed by atoms with Gasteiger partial charge < -0.3 is 19.5 Å². The SMILES string of the molecule is C[C@H](CO)N1C[C@H](C)[C@H](CN(C)Cc2ccc(Oc3ccccc3)cc2)Oc2c(NS(=O)(=O)c3ccc(Cl)cc3)cccc2C1=O. The van der Waals surface area contributed by atoms with Gasteiger partial charge in [-0.2, -0.15) is 0 Å². The Morgan fingerprint density at radius 1 is 1.00 bits per heavy atom. The van der Waals surface area contributed by atoms with E-state index in [2.05, 4.69) is 9.62 Å². The van der Waals surface area contributed by atoms with Gasteiger partial charge in [-0.15, -0.1) is 0 Å². The van der Waals surface area contributed by atoms with E-state index in [4.69, 9.17) is 21.1 Å². The van der Waals surface area contributed by atoms with Crippen molar-refractivity contribution >= 4 is 33.2 Å². The Bertz CT molecular complexity index is 1740. The van der Waals surface area contributed by atoms with Gasteiger partial charge in [0.15, 0.2) is 5.75 Å². The van der Waals surface area contributed by atoms with Crippen LogP contribution in [0.1, 0.15) is 29.8 Å². The number of ether oxygens (including phenoxy) is 2. The molecule has 1 heterocycles. The zero-order valence-electron chi connectivity index (χ0n) is 26.0. The van der Waals surface area contributed by atoms with Crippen LogP contribution in [0.3, 0.4) is 0 Å². The minimum absolute atomic E-state index is 0.0204. The summed E-state index contributed by atoms with van der Waals surface area (Å²) in [4.78, 5) is 17.6. The Balaban J connectivity index is 1.39. The molecule has 0 saturated heterocycles. The van der Waals surface area contributed by atoms with Gasteiger partial charge in [0.2, 0.25) is 0 Å². The second-order valence-corrected chi connectivity index (χ2v) is 13.7. The molecule has 1 aliphatic heterocycles. The number of aliphatic hydroxyl groups is 1. The van der Waals surface area contributed by atoms with Gasteiger partial charge in [0.25, 0.3) is 15.9 Å². The third kappa shape index (κ3) is 8.00. The number of aliphatic hydroxyl groups excluding tert-OH is 1. The monoisotopic (exact) mass is 663 g/mol. The molecule has 46 heavy (non-hydrogen) atoms. The number of benzene rings is 4. The van der Waals surface area contributed by atoms with E-state index in [9.17, 15) is 18.3 Å². The highest BCUT2D eigenvalue weighted by molar-refractivity contribution is 7.92. The molecule has 3 atom stereocenters. The van der Waals surface area contributed by atoms with Crippen LogP contribution < -0.4 is 14.2 Å². The van der Waals surface area contributed by atoms with Crippen molar-refractivity contribution < 1.29 is 27.8 Å². The van der Waals surface area contributed by atoms with Gasteiger partial charge >= 0.3 is 0 Å². The number of carbonyl (C=O) groups excluding carboxylic acids is 1. The molecule has 0 unspecified atom stereocenters. The molecule has 5 rings (SSSR count). The molecule has 0 bridgehead atoms. The van der Waals surface area contributed by atoms with Crippen molar-refractivity contribution in [3.05, 3.63) is 113 Å². The Kier molecular flexibility index (Phi) is 10.5. The van der Waals surface area contributed by atoms with Crippen LogP contribution in [0.4, 0.5) is 5.69 Å². The first-order valence-corrected chi connectivity index (χ1v) is 16.9. The summed E-state index contributed by atoms with van der Waals surface area (Å²) in [5, 5.41) is 10.4. The number of halogens is 1. The van der Waals surface area contributed by atoms with Crippen molar-refractivity contribution in [2.24, 2.45) is 5.92 Å². The van der Waals surface area contributed by atoms with Crippen molar-refractivity contribution in [1.29, 1.82) is 0 Å². The van der Waals surface area contributed by atoms with Crippen LogP contribution in [0.25, 0.3) is 0 Å². The molecule has 9 nitrogen and oxygen atoms in total. The Hall–Kier alpha value is -4.09. The van der Waals surface area contributed by atoms with Crippen molar-refractivity contribution in [2.75, 3.05) is 31.5 Å². The van der Waals surface area contributed by atoms with Gasteiger partial charge in [-0.1, -0.05) is 54.9 Å². The molecule has 4 aromatic rings. The van der Waals surface area contributed by atoms with E-state index in [-0.39, 0.29) is 40.3 Å². The predicted molar refractivity (Wildman–Crippen MR) is 179 cm³/mol. The lowest BCUT2D eigenvalue weighted by atomic mass is 9.99. The summed E-state index contributed by atoms with van der Waals surface area (Å²) in [5.74, 6) is 1.15. The summed E-state index contributed by atoms with van der Waals surface area (Å²) in [6.45, 7) is 5.01. The minimum Gasteiger partial charge on any atom is -0.486 e. The zero-order chi connectivity index (χ0) is 32.8. The standard InChI is InChI=1S/C35H38ClN3O6S/c1-24-20-39(25(2)23-40)35(41)31-10-7-11-32(37-46(42,43)30-18-14-27(36)15-19-30)34(31)45-33(24)22-38(3)21-26-12-16-29(17-13-26)44-28-8-5-4-6-9-28/h4-19,24-25,33,37,40H,20-23H2,1-3H3/t24-,25+,33-/m0/s1. The zero-order valence-corrected chi connectivity index (χ0v) is 27.5. The largest absolute Gasteiger partial charge is 0.486 e. The van der Waals surface area contributed by atoms with Gasteiger partial charge in [0.1, 0.15) is 17.6 Å². The fraction of sp³-hybridized carbons (Fsp3) is 0.286. The number of hydrogen-bond donors (Lipinski definition) is 2. The summed E-state index contributed by atoms with van der Waals surface area (Å²) in [6.07, 6.45) is -0.424. The second-order valence-electron chi connectivity index (χ2n) is 11.6. The number of nitrogens with one attached hydrogen (secondary N) is 1. The van der Waals surface area contributed by atoms with E-state index in [1.165, 1.54) is 24.3 Å². The van der Waals surface area contributed by atoms with Gasteiger partial charge in [-0.25, -0.2) is 8.42 Å². The van der Waals surface area contributed by atoms with Crippen LogP contribution in [0.2, 0.25) is 5.02 Å². The first-order valence-electron chi connectivity index (χ1n) is 15.0. The van der Waals surface area contributed by atoms with Crippen molar-refractivity contribution in [3.8, 4) is 17.2 Å². The minimum atomic E-state index is -4.03. The molecule has 0 fully saturated rings. The number of rotatable bonds is 11. The maximum Gasteiger partial charge on any atom is 0.262 e. The average molecular weight is 664 g/mol. The fourth-order valence-corrected chi connectivity index (χ4v) is 6.52. The summed E-state index contributed by atoms with van der Waals surface area (Å²) in [6, 6.07) is 27.6. The number of carbonyl (C=O) groups is 1. The number of hydrogen-bond acceptors (Lipinski definition) is 7. The molecule has 1 amide bonds. The van der Waals surface area contributed by atoms with Crippen LogP contribution in [0, 0.1) is 5.92 Å². The number of anilines is 1. The van der Waals surface area contributed by atoms with Crippen LogP contribution in [-0.2, 0) is 16.6 Å². The maximum atomic E-state index is 13.8. The Labute approximate surface area is 275 Å². The number of sulfonamides is 1. The third-order valence-electron chi connectivity index (χ3n) is 7.91. The predicted octanol–water partition coefficient (Wildman–Crippen LogP) is 6.29. The topological polar surface area (TPSA) is 108 Å². The van der Waals surface area contributed by atoms with E-state index >= 15 is 0 Å². The van der Waals surface area contributed by atoms with E-state index < -0.39 is 22.2 Å². The molecule has 1 aliphatic rings. The lowest BCUT2D eigenvalue weighted by molar-refractivity contribution is 0.0344. The lowest BCUT2D eigenvalue weighted by Gasteiger charge is -2.38. The summed E-state index contributed by atoms with van der Waals surface area (Å²) >= 11 is 5.97. The summed E-state index contributed by atoms with van der Waals surface area (Å²) < 4.78 is 41.8. The summed E-state index contributed by atoms with van der Waals surface area (Å²) in [5.41, 5.74) is 1.43. The van der Waals surface area contributed by atoms with E-state index in [1.807, 2.05) is 68.6 Å². The quantitative estimate of drug-likeness (QED) is 0.194.